The number of sulfone groups is 1. The molecule has 120 valence electrons. The molecular formula is C14H17ClN2O4S. The van der Waals surface area contributed by atoms with Crippen molar-refractivity contribution in [2.45, 2.75) is 19.4 Å². The summed E-state index contributed by atoms with van der Waals surface area (Å²) >= 11 is 6.07. The van der Waals surface area contributed by atoms with Gasteiger partial charge in [-0.3, -0.25) is 0 Å². The van der Waals surface area contributed by atoms with Crippen molar-refractivity contribution < 1.29 is 17.9 Å². The summed E-state index contributed by atoms with van der Waals surface area (Å²) < 4.78 is 28.1. The molecule has 1 heterocycles. The lowest BCUT2D eigenvalue weighted by Gasteiger charge is -2.15. The number of carbonyl (C=O) groups is 1. The minimum Gasteiger partial charge on any atom is -0.490 e. The van der Waals surface area contributed by atoms with E-state index in [1.54, 1.807) is 18.2 Å². The van der Waals surface area contributed by atoms with Gasteiger partial charge in [0.1, 0.15) is 0 Å². The summed E-state index contributed by atoms with van der Waals surface area (Å²) in [6.07, 6.45) is 2.25. The average Bonchev–Trinajstić information content (AvgIpc) is 2.77. The Morgan fingerprint density at radius 3 is 2.86 bits per heavy atom. The standard InChI is InChI=1S/C14H17ClN2O4S/c1-2-7-21-13-11(15)4-3-5-12(13)17-14(18)16-10-6-8-22(19,20)9-10/h3-6,8,10H,2,7,9H2,1H3,(H2,16,17,18)/t10-/m0/s1. The smallest absolute Gasteiger partial charge is 0.319 e. The van der Waals surface area contributed by atoms with E-state index in [0.29, 0.717) is 23.1 Å². The Labute approximate surface area is 134 Å². The number of anilines is 1. The van der Waals surface area contributed by atoms with Gasteiger partial charge in [-0.15, -0.1) is 0 Å². The Balaban J connectivity index is 2.02. The Morgan fingerprint density at radius 2 is 2.23 bits per heavy atom. The zero-order chi connectivity index (χ0) is 16.2. The molecule has 1 aliphatic rings. The summed E-state index contributed by atoms with van der Waals surface area (Å²) in [6.45, 7) is 2.44. The molecule has 2 N–H and O–H groups in total. The van der Waals surface area contributed by atoms with Crippen molar-refractivity contribution in [3.8, 4) is 5.75 Å². The van der Waals surface area contributed by atoms with E-state index in [-0.39, 0.29) is 5.75 Å². The molecule has 0 radical (unpaired) electrons. The van der Waals surface area contributed by atoms with Crippen LogP contribution in [0.2, 0.25) is 5.02 Å². The lowest BCUT2D eigenvalue weighted by Crippen LogP contribution is -2.38. The highest BCUT2D eigenvalue weighted by atomic mass is 35.5. The molecule has 0 bridgehead atoms. The van der Waals surface area contributed by atoms with Crippen LogP contribution >= 0.6 is 11.6 Å². The first kappa shape index (κ1) is 16.6. The van der Waals surface area contributed by atoms with Gasteiger partial charge in [-0.05, 0) is 24.6 Å². The molecule has 1 aromatic carbocycles. The van der Waals surface area contributed by atoms with Crippen LogP contribution in [0.25, 0.3) is 0 Å². The third kappa shape index (κ3) is 4.38. The number of para-hydroxylation sites is 1. The van der Waals surface area contributed by atoms with Gasteiger partial charge in [-0.1, -0.05) is 24.6 Å². The summed E-state index contributed by atoms with van der Waals surface area (Å²) in [7, 11) is -3.21. The highest BCUT2D eigenvalue weighted by Gasteiger charge is 2.23. The summed E-state index contributed by atoms with van der Waals surface area (Å²) in [5.41, 5.74) is 0.434. The van der Waals surface area contributed by atoms with Crippen LogP contribution in [0.5, 0.6) is 5.75 Å². The van der Waals surface area contributed by atoms with Gasteiger partial charge in [0.25, 0.3) is 0 Å². The minimum absolute atomic E-state index is 0.130. The van der Waals surface area contributed by atoms with E-state index >= 15 is 0 Å². The maximum absolute atomic E-state index is 12.0. The number of ether oxygens (including phenoxy) is 1. The monoisotopic (exact) mass is 344 g/mol. The van der Waals surface area contributed by atoms with E-state index in [0.717, 1.165) is 11.8 Å². The predicted octanol–water partition coefficient (Wildman–Crippen LogP) is 2.56. The number of halogens is 1. The molecule has 0 saturated carbocycles. The predicted molar refractivity (Wildman–Crippen MR) is 86.1 cm³/mol. The second-order valence-electron chi connectivity index (χ2n) is 4.83. The number of amides is 2. The van der Waals surface area contributed by atoms with E-state index < -0.39 is 21.9 Å². The normalized spacial score (nSPS) is 18.9. The van der Waals surface area contributed by atoms with Gasteiger partial charge < -0.3 is 15.4 Å². The van der Waals surface area contributed by atoms with Crippen LogP contribution in [0, 0.1) is 0 Å². The lowest BCUT2D eigenvalue weighted by atomic mass is 10.3. The van der Waals surface area contributed by atoms with Gasteiger partial charge in [-0.25, -0.2) is 13.2 Å². The van der Waals surface area contributed by atoms with E-state index in [1.165, 1.54) is 6.08 Å². The number of rotatable bonds is 5. The molecule has 8 heteroatoms. The Morgan fingerprint density at radius 1 is 1.45 bits per heavy atom. The van der Waals surface area contributed by atoms with Crippen molar-refractivity contribution in [2.75, 3.05) is 17.7 Å². The molecule has 0 saturated heterocycles. The van der Waals surface area contributed by atoms with Gasteiger partial charge in [-0.2, -0.15) is 0 Å². The molecule has 2 rings (SSSR count). The molecule has 22 heavy (non-hydrogen) atoms. The maximum Gasteiger partial charge on any atom is 0.319 e. The summed E-state index contributed by atoms with van der Waals surface area (Å²) in [6, 6.07) is 3.97. The van der Waals surface area contributed by atoms with E-state index in [1.807, 2.05) is 6.92 Å². The number of hydrogen-bond donors (Lipinski definition) is 2. The lowest BCUT2D eigenvalue weighted by molar-refractivity contribution is 0.250. The van der Waals surface area contributed by atoms with Crippen molar-refractivity contribution in [3.63, 3.8) is 0 Å². The molecular weight excluding hydrogens is 328 g/mol. The maximum atomic E-state index is 12.0. The molecule has 1 atom stereocenters. The van der Waals surface area contributed by atoms with Crippen LogP contribution in [0.15, 0.2) is 29.7 Å². The van der Waals surface area contributed by atoms with E-state index in [9.17, 15) is 13.2 Å². The Bertz CT molecular complexity index is 688. The van der Waals surface area contributed by atoms with Gasteiger partial charge in [0.2, 0.25) is 0 Å². The highest BCUT2D eigenvalue weighted by molar-refractivity contribution is 7.94. The van der Waals surface area contributed by atoms with Crippen molar-refractivity contribution in [1.29, 1.82) is 0 Å². The fourth-order valence-electron chi connectivity index (χ4n) is 1.95. The van der Waals surface area contributed by atoms with Crippen LogP contribution < -0.4 is 15.4 Å². The fourth-order valence-corrected chi connectivity index (χ4v) is 3.41. The largest absolute Gasteiger partial charge is 0.490 e. The number of hydrogen-bond acceptors (Lipinski definition) is 4. The molecule has 0 fully saturated rings. The molecule has 6 nitrogen and oxygen atoms in total. The van der Waals surface area contributed by atoms with Gasteiger partial charge in [0.15, 0.2) is 15.6 Å². The zero-order valence-electron chi connectivity index (χ0n) is 12.0. The molecule has 1 aromatic rings. The van der Waals surface area contributed by atoms with E-state index in [2.05, 4.69) is 10.6 Å². The van der Waals surface area contributed by atoms with Crippen LogP contribution in [-0.2, 0) is 9.84 Å². The van der Waals surface area contributed by atoms with Gasteiger partial charge in [0.05, 0.1) is 29.1 Å². The Kier molecular flexibility index (Phi) is 5.31. The van der Waals surface area contributed by atoms with Crippen molar-refractivity contribution >= 4 is 33.2 Å². The number of carbonyl (C=O) groups excluding carboxylic acids is 1. The number of urea groups is 1. The minimum atomic E-state index is -3.21. The fraction of sp³-hybridized carbons (Fsp3) is 0.357. The molecule has 0 unspecified atom stereocenters. The highest BCUT2D eigenvalue weighted by Crippen LogP contribution is 2.33. The van der Waals surface area contributed by atoms with Crippen molar-refractivity contribution in [1.82, 2.24) is 5.32 Å². The second-order valence-corrected chi connectivity index (χ2v) is 7.17. The summed E-state index contributed by atoms with van der Waals surface area (Å²) in [5, 5.41) is 6.70. The molecule has 1 aliphatic heterocycles. The first-order valence-electron chi connectivity index (χ1n) is 6.81. The van der Waals surface area contributed by atoms with Crippen molar-refractivity contribution in [3.05, 3.63) is 34.7 Å². The van der Waals surface area contributed by atoms with Crippen LogP contribution in [-0.4, -0.2) is 32.9 Å². The van der Waals surface area contributed by atoms with Crippen molar-refractivity contribution in [2.24, 2.45) is 0 Å². The molecule has 0 spiro atoms. The Hall–Kier alpha value is -1.73. The third-order valence-electron chi connectivity index (χ3n) is 2.91. The molecule has 0 aliphatic carbocycles. The van der Waals surface area contributed by atoms with Crippen LogP contribution in [0.4, 0.5) is 10.5 Å². The number of benzene rings is 1. The first-order chi connectivity index (χ1) is 10.4. The molecule has 2 amide bonds. The van der Waals surface area contributed by atoms with Crippen LogP contribution in [0.3, 0.4) is 0 Å². The second kappa shape index (κ2) is 7.02. The quantitative estimate of drug-likeness (QED) is 0.859. The summed E-state index contributed by atoms with van der Waals surface area (Å²) in [5.74, 6) is 0.269. The van der Waals surface area contributed by atoms with Gasteiger partial charge in [0, 0.05) is 5.41 Å². The van der Waals surface area contributed by atoms with E-state index in [4.69, 9.17) is 16.3 Å². The first-order valence-corrected chi connectivity index (χ1v) is 8.90. The average molecular weight is 345 g/mol. The zero-order valence-corrected chi connectivity index (χ0v) is 13.6. The summed E-state index contributed by atoms with van der Waals surface area (Å²) in [4.78, 5) is 12.0. The topological polar surface area (TPSA) is 84.5 Å². The molecule has 0 aromatic heterocycles. The third-order valence-corrected chi connectivity index (χ3v) is 4.61. The SMILES string of the molecule is CCCOc1c(Cl)cccc1NC(=O)N[C@H]1C=CS(=O)(=O)C1. The van der Waals surface area contributed by atoms with Gasteiger partial charge >= 0.3 is 6.03 Å². The van der Waals surface area contributed by atoms with Crippen LogP contribution in [0.1, 0.15) is 13.3 Å². The number of nitrogens with one attached hydrogen (secondary N) is 2.